The zero-order chi connectivity index (χ0) is 19.5. The molecule has 4 rings (SSSR count). The van der Waals surface area contributed by atoms with Gasteiger partial charge >= 0.3 is 0 Å². The van der Waals surface area contributed by atoms with Crippen molar-refractivity contribution in [3.8, 4) is 16.5 Å². The molecule has 0 bridgehead atoms. The van der Waals surface area contributed by atoms with Gasteiger partial charge in [0.15, 0.2) is 0 Å². The zero-order valence-electron chi connectivity index (χ0n) is 16.1. The second-order valence-electron chi connectivity index (χ2n) is 6.94. The highest BCUT2D eigenvalue weighted by atomic mass is 32.1. The third kappa shape index (κ3) is 3.78. The topological polar surface area (TPSA) is 55.3 Å². The van der Waals surface area contributed by atoms with Gasteiger partial charge in [-0.05, 0) is 55.2 Å². The number of amides is 1. The Balaban J connectivity index is 1.41. The maximum atomic E-state index is 12.9. The summed E-state index contributed by atoms with van der Waals surface area (Å²) in [5.41, 5.74) is 4.31. The summed E-state index contributed by atoms with van der Waals surface area (Å²) in [7, 11) is 1.67. The van der Waals surface area contributed by atoms with Gasteiger partial charge in [0.25, 0.3) is 0 Å². The van der Waals surface area contributed by atoms with Crippen LogP contribution in [0.25, 0.3) is 10.7 Å². The number of fused-ring (bicyclic) bond motifs is 1. The fourth-order valence-corrected chi connectivity index (χ4v) is 4.50. The van der Waals surface area contributed by atoms with E-state index in [-0.39, 0.29) is 11.9 Å². The minimum Gasteiger partial charge on any atom is -0.497 e. The SMILES string of the molecule is COc1ccc2c(c1)C(C)N(C(=O)CCc1csc(-c3ccccn3)n1)CC2. The van der Waals surface area contributed by atoms with E-state index in [0.717, 1.165) is 35.1 Å². The van der Waals surface area contributed by atoms with Crippen LogP contribution in [0.1, 0.15) is 36.2 Å². The Morgan fingerprint density at radius 3 is 3.00 bits per heavy atom. The maximum absolute atomic E-state index is 12.9. The maximum Gasteiger partial charge on any atom is 0.223 e. The number of aryl methyl sites for hydroxylation is 1. The lowest BCUT2D eigenvalue weighted by Gasteiger charge is -2.35. The van der Waals surface area contributed by atoms with Crippen molar-refractivity contribution in [2.45, 2.75) is 32.2 Å². The first-order valence-corrected chi connectivity index (χ1v) is 10.4. The summed E-state index contributed by atoms with van der Waals surface area (Å²) in [4.78, 5) is 23.8. The number of ether oxygens (including phenoxy) is 1. The summed E-state index contributed by atoms with van der Waals surface area (Å²) in [6.45, 7) is 2.85. The van der Waals surface area contributed by atoms with E-state index in [1.165, 1.54) is 11.1 Å². The van der Waals surface area contributed by atoms with E-state index in [9.17, 15) is 4.79 Å². The molecule has 0 aliphatic carbocycles. The molecular weight excluding hydrogens is 370 g/mol. The number of methoxy groups -OCH3 is 1. The van der Waals surface area contributed by atoms with Gasteiger partial charge in [0.1, 0.15) is 10.8 Å². The fourth-order valence-electron chi connectivity index (χ4n) is 3.67. The molecule has 28 heavy (non-hydrogen) atoms. The molecule has 1 aliphatic heterocycles. The van der Waals surface area contributed by atoms with Crippen LogP contribution in [-0.4, -0.2) is 34.4 Å². The van der Waals surface area contributed by atoms with E-state index in [2.05, 4.69) is 29.0 Å². The first-order valence-electron chi connectivity index (χ1n) is 9.48. The van der Waals surface area contributed by atoms with Gasteiger partial charge in [-0.15, -0.1) is 11.3 Å². The highest BCUT2D eigenvalue weighted by Crippen LogP contribution is 2.32. The molecule has 0 spiro atoms. The lowest BCUT2D eigenvalue weighted by atomic mass is 9.93. The Morgan fingerprint density at radius 1 is 1.32 bits per heavy atom. The molecule has 1 aliphatic rings. The Morgan fingerprint density at radius 2 is 2.21 bits per heavy atom. The minimum absolute atomic E-state index is 0.0610. The predicted molar refractivity (Wildman–Crippen MR) is 110 cm³/mol. The van der Waals surface area contributed by atoms with Crippen molar-refractivity contribution in [1.82, 2.24) is 14.9 Å². The molecule has 2 aromatic heterocycles. The Hall–Kier alpha value is -2.73. The van der Waals surface area contributed by atoms with Crippen molar-refractivity contribution in [3.63, 3.8) is 0 Å². The summed E-state index contributed by atoms with van der Waals surface area (Å²) in [5, 5.41) is 2.92. The molecule has 5 nitrogen and oxygen atoms in total. The van der Waals surface area contributed by atoms with Crippen LogP contribution in [-0.2, 0) is 17.6 Å². The monoisotopic (exact) mass is 393 g/mol. The number of carbonyl (C=O) groups is 1. The second kappa shape index (κ2) is 8.10. The molecule has 1 unspecified atom stereocenters. The minimum atomic E-state index is 0.0610. The molecule has 144 valence electrons. The lowest BCUT2D eigenvalue weighted by molar-refractivity contribution is -0.133. The van der Waals surface area contributed by atoms with Gasteiger partial charge in [-0.3, -0.25) is 9.78 Å². The summed E-state index contributed by atoms with van der Waals surface area (Å²) in [6.07, 6.45) is 3.77. The number of hydrogen-bond donors (Lipinski definition) is 0. The largest absolute Gasteiger partial charge is 0.497 e. The van der Waals surface area contributed by atoms with Gasteiger partial charge in [-0.1, -0.05) is 12.1 Å². The first kappa shape index (κ1) is 18.6. The zero-order valence-corrected chi connectivity index (χ0v) is 16.9. The number of rotatable bonds is 5. The van der Waals surface area contributed by atoms with E-state index < -0.39 is 0 Å². The molecule has 1 amide bonds. The second-order valence-corrected chi connectivity index (χ2v) is 7.79. The van der Waals surface area contributed by atoms with Crippen molar-refractivity contribution in [2.24, 2.45) is 0 Å². The van der Waals surface area contributed by atoms with E-state index in [1.807, 2.05) is 34.5 Å². The molecule has 6 heteroatoms. The Bertz CT molecular complexity index is 971. The Kier molecular flexibility index (Phi) is 5.39. The average molecular weight is 394 g/mol. The van der Waals surface area contributed by atoms with Gasteiger partial charge in [0, 0.05) is 24.5 Å². The van der Waals surface area contributed by atoms with Crippen molar-refractivity contribution in [3.05, 3.63) is 64.8 Å². The van der Waals surface area contributed by atoms with Crippen molar-refractivity contribution < 1.29 is 9.53 Å². The van der Waals surface area contributed by atoms with Crippen LogP contribution in [0.2, 0.25) is 0 Å². The molecule has 0 N–H and O–H groups in total. The number of hydrogen-bond acceptors (Lipinski definition) is 5. The molecule has 0 fully saturated rings. The average Bonchev–Trinajstić information content (AvgIpc) is 3.22. The highest BCUT2D eigenvalue weighted by molar-refractivity contribution is 7.13. The molecule has 1 aromatic carbocycles. The van der Waals surface area contributed by atoms with Gasteiger partial charge in [0.2, 0.25) is 5.91 Å². The van der Waals surface area contributed by atoms with Crippen LogP contribution in [0.3, 0.4) is 0 Å². The molecule has 0 radical (unpaired) electrons. The van der Waals surface area contributed by atoms with Crippen LogP contribution in [0, 0.1) is 0 Å². The van der Waals surface area contributed by atoms with Gasteiger partial charge < -0.3 is 9.64 Å². The molecule has 1 atom stereocenters. The van der Waals surface area contributed by atoms with E-state index in [0.29, 0.717) is 12.8 Å². The van der Waals surface area contributed by atoms with Crippen LogP contribution in [0.5, 0.6) is 5.75 Å². The standard InChI is InChI=1S/C22H23N3O2S/c1-15-19-13-18(27-2)8-6-16(19)10-12-25(15)21(26)9-7-17-14-28-22(24-17)20-5-3-4-11-23-20/h3-6,8,11,13-15H,7,9-10,12H2,1-2H3. The van der Waals surface area contributed by atoms with Crippen LogP contribution < -0.4 is 4.74 Å². The normalized spacial score (nSPS) is 15.9. The summed E-state index contributed by atoms with van der Waals surface area (Å²) < 4.78 is 5.35. The smallest absolute Gasteiger partial charge is 0.223 e. The molecular formula is C22H23N3O2S. The molecule has 3 aromatic rings. The van der Waals surface area contributed by atoms with Crippen LogP contribution in [0.15, 0.2) is 48.0 Å². The fraction of sp³-hybridized carbons (Fsp3) is 0.318. The molecule has 0 saturated heterocycles. The summed E-state index contributed by atoms with van der Waals surface area (Å²) >= 11 is 1.57. The van der Waals surface area contributed by atoms with Crippen molar-refractivity contribution in [1.29, 1.82) is 0 Å². The first-order chi connectivity index (χ1) is 13.7. The third-order valence-corrected chi connectivity index (χ3v) is 6.16. The van der Waals surface area contributed by atoms with E-state index in [4.69, 9.17) is 4.74 Å². The van der Waals surface area contributed by atoms with Crippen LogP contribution in [0.4, 0.5) is 0 Å². The highest BCUT2D eigenvalue weighted by Gasteiger charge is 2.27. The quantitative estimate of drug-likeness (QED) is 0.649. The predicted octanol–water partition coefficient (Wildman–Crippen LogP) is 4.29. The van der Waals surface area contributed by atoms with E-state index in [1.54, 1.807) is 24.6 Å². The van der Waals surface area contributed by atoms with Crippen molar-refractivity contribution >= 4 is 17.2 Å². The lowest BCUT2D eigenvalue weighted by Crippen LogP contribution is -2.39. The number of thiazole rings is 1. The van der Waals surface area contributed by atoms with Gasteiger partial charge in [0.05, 0.1) is 24.5 Å². The number of carbonyl (C=O) groups excluding carboxylic acids is 1. The number of aromatic nitrogens is 2. The molecule has 3 heterocycles. The van der Waals surface area contributed by atoms with Gasteiger partial charge in [-0.2, -0.15) is 0 Å². The van der Waals surface area contributed by atoms with Crippen molar-refractivity contribution in [2.75, 3.05) is 13.7 Å². The van der Waals surface area contributed by atoms with Gasteiger partial charge in [-0.25, -0.2) is 4.98 Å². The number of benzene rings is 1. The number of pyridine rings is 1. The summed E-state index contributed by atoms with van der Waals surface area (Å²) in [5.74, 6) is 1.01. The Labute approximate surface area is 169 Å². The third-order valence-electron chi connectivity index (χ3n) is 5.24. The van der Waals surface area contributed by atoms with E-state index >= 15 is 0 Å². The van der Waals surface area contributed by atoms with Crippen LogP contribution >= 0.6 is 11.3 Å². The molecule has 0 saturated carbocycles. The summed E-state index contributed by atoms with van der Waals surface area (Å²) in [6, 6.07) is 12.0. The number of nitrogens with zero attached hydrogens (tertiary/aromatic N) is 3.